The fraction of sp³-hybridized carbons (Fsp3) is 0.889. The molecule has 4 heteroatoms. The topological polar surface area (TPSA) is 41.1 Å². The SMILES string of the molecule is CCC(C)(C)NC(=O)[C@H]1CCN1.Cl. The van der Waals surface area contributed by atoms with Gasteiger partial charge >= 0.3 is 0 Å². The lowest BCUT2D eigenvalue weighted by Crippen LogP contribution is -2.57. The van der Waals surface area contributed by atoms with Gasteiger partial charge < -0.3 is 10.6 Å². The maximum atomic E-state index is 11.4. The number of rotatable bonds is 3. The van der Waals surface area contributed by atoms with E-state index in [2.05, 4.69) is 17.6 Å². The lowest BCUT2D eigenvalue weighted by atomic mass is 9.99. The minimum absolute atomic E-state index is 0. The summed E-state index contributed by atoms with van der Waals surface area (Å²) in [5.74, 6) is 0.146. The van der Waals surface area contributed by atoms with Gasteiger partial charge in [0.1, 0.15) is 0 Å². The van der Waals surface area contributed by atoms with Crippen LogP contribution in [0.15, 0.2) is 0 Å². The lowest BCUT2D eigenvalue weighted by Gasteiger charge is -2.32. The highest BCUT2D eigenvalue weighted by Gasteiger charge is 2.28. The highest BCUT2D eigenvalue weighted by molar-refractivity contribution is 5.85. The molecule has 3 nitrogen and oxygen atoms in total. The molecule has 0 unspecified atom stereocenters. The summed E-state index contributed by atoms with van der Waals surface area (Å²) in [7, 11) is 0. The Morgan fingerprint density at radius 2 is 2.15 bits per heavy atom. The van der Waals surface area contributed by atoms with Crippen molar-refractivity contribution < 1.29 is 4.79 Å². The number of nitrogens with one attached hydrogen (secondary N) is 2. The van der Waals surface area contributed by atoms with Gasteiger partial charge in [-0.2, -0.15) is 0 Å². The Morgan fingerprint density at radius 1 is 1.62 bits per heavy atom. The largest absolute Gasteiger partial charge is 0.350 e. The number of carbonyl (C=O) groups excluding carboxylic acids is 1. The molecule has 1 rings (SSSR count). The van der Waals surface area contributed by atoms with Crippen molar-refractivity contribution in [3.63, 3.8) is 0 Å². The number of hydrogen-bond acceptors (Lipinski definition) is 2. The Balaban J connectivity index is 0.00000144. The lowest BCUT2D eigenvalue weighted by molar-refractivity contribution is -0.126. The average Bonchev–Trinajstić information content (AvgIpc) is 1.82. The third kappa shape index (κ3) is 3.53. The zero-order chi connectivity index (χ0) is 9.19. The fourth-order valence-electron chi connectivity index (χ4n) is 1.02. The van der Waals surface area contributed by atoms with Gasteiger partial charge in [-0.3, -0.25) is 4.79 Å². The molecule has 0 aromatic carbocycles. The van der Waals surface area contributed by atoms with Gasteiger partial charge in [0.25, 0.3) is 0 Å². The molecule has 0 bridgehead atoms. The summed E-state index contributed by atoms with van der Waals surface area (Å²) in [6.07, 6.45) is 1.94. The van der Waals surface area contributed by atoms with Crippen molar-refractivity contribution in [2.45, 2.75) is 45.2 Å². The normalized spacial score (nSPS) is 21.3. The maximum Gasteiger partial charge on any atom is 0.237 e. The third-order valence-electron chi connectivity index (χ3n) is 2.49. The van der Waals surface area contributed by atoms with Gasteiger partial charge in [0.05, 0.1) is 6.04 Å². The Bertz CT molecular complexity index is 178. The van der Waals surface area contributed by atoms with Gasteiger partial charge in [0.15, 0.2) is 0 Å². The first kappa shape index (κ1) is 12.7. The summed E-state index contributed by atoms with van der Waals surface area (Å²) < 4.78 is 0. The molecule has 2 N–H and O–H groups in total. The standard InChI is InChI=1S/C9H18N2O.ClH/c1-4-9(2,3)11-8(12)7-5-6-10-7;/h7,10H,4-6H2,1-3H3,(H,11,12);1H/t7-;/m1./s1. The van der Waals surface area contributed by atoms with Gasteiger partial charge in [0, 0.05) is 5.54 Å². The molecule has 1 atom stereocenters. The second kappa shape index (κ2) is 4.82. The quantitative estimate of drug-likeness (QED) is 0.726. The smallest absolute Gasteiger partial charge is 0.237 e. The molecule has 1 aliphatic heterocycles. The van der Waals surface area contributed by atoms with Crippen LogP contribution in [0.2, 0.25) is 0 Å². The van der Waals surface area contributed by atoms with E-state index in [9.17, 15) is 4.79 Å². The van der Waals surface area contributed by atoms with Gasteiger partial charge in [-0.05, 0) is 33.2 Å². The van der Waals surface area contributed by atoms with Crippen LogP contribution in [0.1, 0.15) is 33.6 Å². The van der Waals surface area contributed by atoms with Crippen molar-refractivity contribution in [1.82, 2.24) is 10.6 Å². The van der Waals surface area contributed by atoms with Gasteiger partial charge in [-0.25, -0.2) is 0 Å². The van der Waals surface area contributed by atoms with Crippen LogP contribution >= 0.6 is 12.4 Å². The van der Waals surface area contributed by atoms with Crippen LogP contribution in [0.3, 0.4) is 0 Å². The molecule has 0 radical (unpaired) electrons. The molecule has 0 saturated carbocycles. The predicted molar refractivity (Wildman–Crippen MR) is 56.2 cm³/mol. The first-order valence-corrected chi connectivity index (χ1v) is 4.60. The van der Waals surface area contributed by atoms with Crippen LogP contribution in [0.5, 0.6) is 0 Å². The number of carbonyl (C=O) groups is 1. The summed E-state index contributed by atoms with van der Waals surface area (Å²) in [4.78, 5) is 11.4. The van der Waals surface area contributed by atoms with Crippen molar-refractivity contribution in [3.8, 4) is 0 Å². The Morgan fingerprint density at radius 3 is 2.46 bits per heavy atom. The van der Waals surface area contributed by atoms with Crippen molar-refractivity contribution in [1.29, 1.82) is 0 Å². The van der Waals surface area contributed by atoms with Crippen LogP contribution in [0, 0.1) is 0 Å². The van der Waals surface area contributed by atoms with E-state index in [0.717, 1.165) is 19.4 Å². The fourth-order valence-corrected chi connectivity index (χ4v) is 1.02. The Labute approximate surface area is 86.1 Å². The summed E-state index contributed by atoms with van der Waals surface area (Å²) in [6.45, 7) is 7.15. The molecule has 78 valence electrons. The molecule has 0 aromatic heterocycles. The molecular formula is C9H19ClN2O. The molecule has 1 fully saturated rings. The number of amides is 1. The summed E-state index contributed by atoms with van der Waals surface area (Å²) in [5.41, 5.74) is -0.0612. The zero-order valence-electron chi connectivity index (χ0n) is 8.52. The van der Waals surface area contributed by atoms with Crippen LogP contribution in [0.4, 0.5) is 0 Å². The van der Waals surface area contributed by atoms with Crippen LogP contribution in [0.25, 0.3) is 0 Å². The third-order valence-corrected chi connectivity index (χ3v) is 2.49. The monoisotopic (exact) mass is 206 g/mol. The Kier molecular flexibility index (Phi) is 4.71. The van der Waals surface area contributed by atoms with E-state index < -0.39 is 0 Å². The second-order valence-corrected chi connectivity index (χ2v) is 4.02. The van der Waals surface area contributed by atoms with Crippen LogP contribution in [-0.2, 0) is 4.79 Å². The van der Waals surface area contributed by atoms with Gasteiger partial charge in [0.2, 0.25) is 5.91 Å². The van der Waals surface area contributed by atoms with Crippen molar-refractivity contribution in [2.75, 3.05) is 6.54 Å². The molecule has 1 aliphatic rings. The molecular weight excluding hydrogens is 188 g/mol. The zero-order valence-corrected chi connectivity index (χ0v) is 9.33. The van der Waals surface area contributed by atoms with E-state index in [1.165, 1.54) is 0 Å². The van der Waals surface area contributed by atoms with Crippen molar-refractivity contribution >= 4 is 18.3 Å². The number of hydrogen-bond donors (Lipinski definition) is 2. The van der Waals surface area contributed by atoms with E-state index in [-0.39, 0.29) is 29.9 Å². The van der Waals surface area contributed by atoms with E-state index in [1.54, 1.807) is 0 Å². The van der Waals surface area contributed by atoms with Crippen molar-refractivity contribution in [2.24, 2.45) is 0 Å². The molecule has 0 aliphatic carbocycles. The molecule has 1 amide bonds. The van der Waals surface area contributed by atoms with E-state index in [4.69, 9.17) is 0 Å². The molecule has 1 heterocycles. The summed E-state index contributed by atoms with van der Waals surface area (Å²) in [5, 5.41) is 6.09. The van der Waals surface area contributed by atoms with Crippen LogP contribution < -0.4 is 10.6 Å². The highest BCUT2D eigenvalue weighted by Crippen LogP contribution is 2.09. The first-order valence-electron chi connectivity index (χ1n) is 4.60. The van der Waals surface area contributed by atoms with Gasteiger partial charge in [-0.15, -0.1) is 12.4 Å². The van der Waals surface area contributed by atoms with E-state index >= 15 is 0 Å². The van der Waals surface area contributed by atoms with E-state index in [0.29, 0.717) is 0 Å². The Hall–Kier alpha value is -0.280. The van der Waals surface area contributed by atoms with E-state index in [1.807, 2.05) is 13.8 Å². The molecule has 1 saturated heterocycles. The predicted octanol–water partition coefficient (Wildman–Crippen LogP) is 1.07. The van der Waals surface area contributed by atoms with Crippen molar-refractivity contribution in [3.05, 3.63) is 0 Å². The minimum atomic E-state index is -0.0612. The summed E-state index contributed by atoms with van der Waals surface area (Å²) >= 11 is 0. The van der Waals surface area contributed by atoms with Gasteiger partial charge in [-0.1, -0.05) is 6.92 Å². The second-order valence-electron chi connectivity index (χ2n) is 4.02. The molecule has 13 heavy (non-hydrogen) atoms. The first-order chi connectivity index (χ1) is 5.55. The highest BCUT2D eigenvalue weighted by atomic mass is 35.5. The number of halogens is 1. The maximum absolute atomic E-state index is 11.4. The average molecular weight is 207 g/mol. The molecule has 0 spiro atoms. The summed E-state index contributed by atoms with van der Waals surface area (Å²) in [6, 6.07) is 0.0656. The van der Waals surface area contributed by atoms with Crippen LogP contribution in [-0.4, -0.2) is 24.0 Å². The molecule has 0 aromatic rings. The minimum Gasteiger partial charge on any atom is -0.350 e.